The number of aryl methyl sites for hydroxylation is 2. The topological polar surface area (TPSA) is 62.5 Å². The van der Waals surface area contributed by atoms with E-state index in [9.17, 15) is 4.79 Å². The number of nitrogens with zero attached hydrogens (tertiary/aromatic N) is 4. The summed E-state index contributed by atoms with van der Waals surface area (Å²) in [7, 11) is 0. The molecule has 5 rings (SSSR count). The predicted octanol–water partition coefficient (Wildman–Crippen LogP) is 4.24. The Balaban J connectivity index is 1.48. The minimum Gasteiger partial charge on any atom is -0.312 e. The molecule has 0 bridgehead atoms. The standard InChI is InChI=1S/C26H29N5O/c1-16-10-22(11-17(2)27-16)21-8-9-23-7-5-6-20(12-26(32)30(23)15-21)24-13-25-19(4)28-18(3)14-31(25)29-24/h5-9,12-17,22,27H,10-11H2,1-4H3/b6-5+,20-12+,23-7+/t16-,17-/m0/s1. The fourth-order valence-corrected chi connectivity index (χ4v) is 5.03. The Kier molecular flexibility index (Phi) is 5.18. The quantitative estimate of drug-likeness (QED) is 0.779. The molecule has 6 heteroatoms. The molecule has 0 aliphatic carbocycles. The van der Waals surface area contributed by atoms with Gasteiger partial charge in [-0.05, 0) is 70.2 Å². The number of fused-ring (bicyclic) bond motifs is 2. The SMILES string of the molecule is Cc1cn2nc(C3=C\C(=O)N4C=C(C5C[C@H](C)N[C@@H](C)C5)C=C\C4=C/C=C/3)cc2c(C)n1. The summed E-state index contributed by atoms with van der Waals surface area (Å²) in [4.78, 5) is 19.6. The molecule has 2 aromatic heterocycles. The van der Waals surface area contributed by atoms with Crippen molar-refractivity contribution < 1.29 is 4.79 Å². The van der Waals surface area contributed by atoms with Crippen LogP contribution in [0.5, 0.6) is 0 Å². The van der Waals surface area contributed by atoms with E-state index in [-0.39, 0.29) is 5.91 Å². The number of carbonyl (C=O) groups excluding carboxylic acids is 1. The van der Waals surface area contributed by atoms with Gasteiger partial charge >= 0.3 is 0 Å². The Bertz CT molecular complexity index is 1230. The first-order chi connectivity index (χ1) is 15.4. The molecule has 0 radical (unpaired) electrons. The smallest absolute Gasteiger partial charge is 0.255 e. The number of aromatic nitrogens is 3. The van der Waals surface area contributed by atoms with E-state index >= 15 is 0 Å². The van der Waals surface area contributed by atoms with Crippen LogP contribution in [0.4, 0.5) is 0 Å². The molecule has 3 aliphatic rings. The summed E-state index contributed by atoms with van der Waals surface area (Å²) < 4.78 is 1.84. The second-order valence-corrected chi connectivity index (χ2v) is 9.19. The Morgan fingerprint density at radius 2 is 1.88 bits per heavy atom. The Labute approximate surface area is 188 Å². The van der Waals surface area contributed by atoms with Crippen LogP contribution in [0.1, 0.15) is 43.8 Å². The van der Waals surface area contributed by atoms with Crippen LogP contribution in [0, 0.1) is 19.8 Å². The van der Waals surface area contributed by atoms with E-state index in [1.807, 2.05) is 55.1 Å². The highest BCUT2D eigenvalue weighted by Gasteiger charge is 2.28. The molecule has 1 N–H and O–H groups in total. The molecule has 6 nitrogen and oxygen atoms in total. The first kappa shape index (κ1) is 20.6. The summed E-state index contributed by atoms with van der Waals surface area (Å²) in [6.45, 7) is 8.40. The highest BCUT2D eigenvalue weighted by Crippen LogP contribution is 2.32. The lowest BCUT2D eigenvalue weighted by atomic mass is 9.83. The van der Waals surface area contributed by atoms with Crippen molar-refractivity contribution in [1.82, 2.24) is 24.8 Å². The normalized spacial score (nSPS) is 30.0. The van der Waals surface area contributed by atoms with E-state index < -0.39 is 0 Å². The van der Waals surface area contributed by atoms with Crippen LogP contribution in [0.15, 0.2) is 66.2 Å². The molecule has 164 valence electrons. The van der Waals surface area contributed by atoms with Gasteiger partial charge < -0.3 is 5.32 Å². The number of hydrogen-bond acceptors (Lipinski definition) is 4. The Morgan fingerprint density at radius 1 is 1.09 bits per heavy atom. The molecule has 2 atom stereocenters. The van der Waals surface area contributed by atoms with E-state index in [2.05, 4.69) is 36.3 Å². The molecular weight excluding hydrogens is 398 g/mol. The molecule has 0 saturated carbocycles. The number of nitrogens with one attached hydrogen (secondary N) is 1. The second kappa shape index (κ2) is 8.02. The third kappa shape index (κ3) is 3.86. The van der Waals surface area contributed by atoms with Crippen LogP contribution >= 0.6 is 0 Å². The molecule has 0 unspecified atom stereocenters. The Hall–Kier alpha value is -3.25. The molecule has 1 saturated heterocycles. The first-order valence-electron chi connectivity index (χ1n) is 11.3. The summed E-state index contributed by atoms with van der Waals surface area (Å²) in [6, 6.07) is 2.94. The number of allylic oxidation sites excluding steroid dienone is 7. The van der Waals surface area contributed by atoms with E-state index in [0.717, 1.165) is 46.7 Å². The Morgan fingerprint density at radius 3 is 2.66 bits per heavy atom. The van der Waals surface area contributed by atoms with Gasteiger partial charge in [0.2, 0.25) is 0 Å². The first-order valence-corrected chi connectivity index (χ1v) is 11.3. The van der Waals surface area contributed by atoms with Gasteiger partial charge in [-0.15, -0.1) is 0 Å². The maximum Gasteiger partial charge on any atom is 0.255 e. The van der Waals surface area contributed by atoms with Crippen molar-refractivity contribution in [2.24, 2.45) is 5.92 Å². The van der Waals surface area contributed by atoms with Gasteiger partial charge in [-0.25, -0.2) is 4.52 Å². The van der Waals surface area contributed by atoms with Gasteiger partial charge in [0.05, 0.1) is 28.8 Å². The van der Waals surface area contributed by atoms with Crippen LogP contribution in [-0.4, -0.2) is 37.5 Å². The minimum absolute atomic E-state index is 0.0597. The number of rotatable bonds is 2. The number of carbonyl (C=O) groups is 1. The van der Waals surface area contributed by atoms with Crippen molar-refractivity contribution in [3.05, 3.63) is 83.3 Å². The van der Waals surface area contributed by atoms with Gasteiger partial charge in [-0.2, -0.15) is 5.10 Å². The zero-order valence-corrected chi connectivity index (χ0v) is 19.0. The molecular formula is C26H29N5O. The molecule has 0 spiro atoms. The average Bonchev–Trinajstić information content (AvgIpc) is 3.15. The van der Waals surface area contributed by atoms with Crippen LogP contribution in [0.2, 0.25) is 0 Å². The lowest BCUT2D eigenvalue weighted by molar-refractivity contribution is -0.122. The zero-order valence-electron chi connectivity index (χ0n) is 19.0. The van der Waals surface area contributed by atoms with E-state index in [4.69, 9.17) is 5.10 Å². The number of amides is 1. The van der Waals surface area contributed by atoms with Crippen LogP contribution < -0.4 is 5.32 Å². The largest absolute Gasteiger partial charge is 0.312 e. The third-order valence-corrected chi connectivity index (χ3v) is 6.43. The lowest BCUT2D eigenvalue weighted by Crippen LogP contribution is -2.43. The van der Waals surface area contributed by atoms with Crippen molar-refractivity contribution >= 4 is 17.0 Å². The zero-order chi connectivity index (χ0) is 22.4. The third-order valence-electron chi connectivity index (χ3n) is 6.43. The van der Waals surface area contributed by atoms with E-state index in [1.165, 1.54) is 5.57 Å². The van der Waals surface area contributed by atoms with Gasteiger partial charge in [-0.1, -0.05) is 18.2 Å². The summed E-state index contributed by atoms with van der Waals surface area (Å²) in [6.07, 6.45) is 17.9. The van der Waals surface area contributed by atoms with Crippen molar-refractivity contribution in [1.29, 1.82) is 0 Å². The van der Waals surface area contributed by atoms with E-state index in [1.54, 1.807) is 11.0 Å². The monoisotopic (exact) mass is 427 g/mol. The van der Waals surface area contributed by atoms with Crippen molar-refractivity contribution in [3.63, 3.8) is 0 Å². The van der Waals surface area contributed by atoms with Gasteiger partial charge in [0.25, 0.3) is 5.91 Å². The summed E-state index contributed by atoms with van der Waals surface area (Å²) in [5.74, 6) is 0.393. The van der Waals surface area contributed by atoms with Crippen molar-refractivity contribution in [2.75, 3.05) is 0 Å². The maximum atomic E-state index is 13.3. The fourth-order valence-electron chi connectivity index (χ4n) is 5.03. The molecule has 1 amide bonds. The number of piperidine rings is 1. The van der Waals surface area contributed by atoms with Gasteiger partial charge in [0.15, 0.2) is 0 Å². The van der Waals surface area contributed by atoms with Gasteiger partial charge in [-0.3, -0.25) is 14.7 Å². The maximum absolute atomic E-state index is 13.3. The van der Waals surface area contributed by atoms with Gasteiger partial charge in [0.1, 0.15) is 0 Å². The molecule has 0 aromatic carbocycles. The second-order valence-electron chi connectivity index (χ2n) is 9.19. The van der Waals surface area contributed by atoms with Crippen LogP contribution in [0.3, 0.4) is 0 Å². The predicted molar refractivity (Wildman–Crippen MR) is 127 cm³/mol. The number of hydrogen-bond donors (Lipinski definition) is 1. The molecule has 1 fully saturated rings. The molecule has 2 aromatic rings. The lowest BCUT2D eigenvalue weighted by Gasteiger charge is -2.35. The minimum atomic E-state index is -0.0597. The molecule has 3 aliphatic heterocycles. The molecule has 5 heterocycles. The molecule has 32 heavy (non-hydrogen) atoms. The highest BCUT2D eigenvalue weighted by molar-refractivity contribution is 5.99. The summed E-state index contributed by atoms with van der Waals surface area (Å²) >= 11 is 0. The summed E-state index contributed by atoms with van der Waals surface area (Å²) in [5.41, 5.74) is 6.44. The fraction of sp³-hybridized carbons (Fsp3) is 0.346. The average molecular weight is 428 g/mol. The van der Waals surface area contributed by atoms with Crippen LogP contribution in [-0.2, 0) is 4.79 Å². The van der Waals surface area contributed by atoms with Crippen molar-refractivity contribution in [3.8, 4) is 0 Å². The van der Waals surface area contributed by atoms with Crippen LogP contribution in [0.25, 0.3) is 11.1 Å². The van der Waals surface area contributed by atoms with E-state index in [0.29, 0.717) is 18.0 Å². The van der Waals surface area contributed by atoms with Crippen molar-refractivity contribution in [2.45, 2.75) is 52.6 Å². The van der Waals surface area contributed by atoms with Gasteiger partial charge in [0, 0.05) is 35.6 Å². The highest BCUT2D eigenvalue weighted by atomic mass is 16.2. The summed E-state index contributed by atoms with van der Waals surface area (Å²) in [5, 5.41) is 8.30.